The van der Waals surface area contributed by atoms with E-state index in [2.05, 4.69) is 46.7 Å². The fourth-order valence-corrected chi connectivity index (χ4v) is 4.31. The second-order valence-corrected chi connectivity index (χ2v) is 8.25. The molecule has 2 N–H and O–H groups in total. The number of aryl methyl sites for hydroxylation is 4. The minimum Gasteiger partial charge on any atom is -0.353 e. The fourth-order valence-electron chi connectivity index (χ4n) is 4.31. The first-order valence-corrected chi connectivity index (χ1v) is 10.9. The Hall–Kier alpha value is -3.92. The van der Waals surface area contributed by atoms with Gasteiger partial charge in [0.15, 0.2) is 0 Å². The van der Waals surface area contributed by atoms with Crippen molar-refractivity contribution >= 4 is 33.4 Å². The molecule has 2 heterocycles. The number of nitrogens with zero attached hydrogens (tertiary/aromatic N) is 1. The van der Waals surface area contributed by atoms with Crippen molar-refractivity contribution in [3.63, 3.8) is 0 Å². The first-order chi connectivity index (χ1) is 15.6. The number of rotatable bonds is 5. The summed E-state index contributed by atoms with van der Waals surface area (Å²) in [4.78, 5) is 21.6. The standard InChI is InChI=1S/C28H25N3O/c1-18-9-8-10-19(2)26(18)31-28(32)25-17-22-21-13-6-7-14-23(21)30-27(22)24(29-25)16-15-20-11-4-3-5-12-20/h3-14,17,30H,15-16H2,1-2H3,(H,31,32). The summed E-state index contributed by atoms with van der Waals surface area (Å²) in [6, 6.07) is 26.5. The third-order valence-corrected chi connectivity index (χ3v) is 6.02. The summed E-state index contributed by atoms with van der Waals surface area (Å²) in [5, 5.41) is 5.23. The number of fused-ring (bicyclic) bond motifs is 3. The molecule has 0 unspecified atom stereocenters. The molecule has 0 fully saturated rings. The Morgan fingerprint density at radius 2 is 1.56 bits per heavy atom. The molecular formula is C28H25N3O. The Kier molecular flexibility index (Phi) is 5.20. The van der Waals surface area contributed by atoms with Crippen LogP contribution in [0.5, 0.6) is 0 Å². The van der Waals surface area contributed by atoms with Crippen molar-refractivity contribution in [3.8, 4) is 0 Å². The predicted octanol–water partition coefficient (Wildman–Crippen LogP) is 6.37. The molecule has 0 saturated heterocycles. The number of amides is 1. The normalized spacial score (nSPS) is 11.2. The van der Waals surface area contributed by atoms with E-state index in [4.69, 9.17) is 4.98 Å². The van der Waals surface area contributed by atoms with Gasteiger partial charge in [0.2, 0.25) is 0 Å². The molecule has 0 aliphatic carbocycles. The van der Waals surface area contributed by atoms with Crippen LogP contribution in [0.25, 0.3) is 21.8 Å². The molecule has 5 aromatic rings. The lowest BCUT2D eigenvalue weighted by atomic mass is 10.0. The molecule has 5 rings (SSSR count). The van der Waals surface area contributed by atoms with Gasteiger partial charge in [0.1, 0.15) is 5.69 Å². The van der Waals surface area contributed by atoms with Crippen LogP contribution >= 0.6 is 0 Å². The van der Waals surface area contributed by atoms with Crippen molar-refractivity contribution in [2.24, 2.45) is 0 Å². The van der Waals surface area contributed by atoms with Crippen LogP contribution in [-0.2, 0) is 12.8 Å². The first kappa shape index (κ1) is 20.0. The van der Waals surface area contributed by atoms with Crippen molar-refractivity contribution in [1.29, 1.82) is 0 Å². The predicted molar refractivity (Wildman–Crippen MR) is 131 cm³/mol. The molecule has 0 aliphatic rings. The van der Waals surface area contributed by atoms with Crippen LogP contribution in [0, 0.1) is 13.8 Å². The highest BCUT2D eigenvalue weighted by Gasteiger charge is 2.17. The van der Waals surface area contributed by atoms with Gasteiger partial charge in [-0.3, -0.25) is 4.79 Å². The molecule has 2 aromatic heterocycles. The summed E-state index contributed by atoms with van der Waals surface area (Å²) in [7, 11) is 0. The van der Waals surface area contributed by atoms with Gasteiger partial charge in [-0.2, -0.15) is 0 Å². The highest BCUT2D eigenvalue weighted by atomic mass is 16.1. The lowest BCUT2D eigenvalue weighted by molar-refractivity contribution is 0.102. The number of pyridine rings is 1. The number of carbonyl (C=O) groups excluding carboxylic acids is 1. The Balaban J connectivity index is 1.57. The summed E-state index contributed by atoms with van der Waals surface area (Å²) in [6.45, 7) is 4.01. The monoisotopic (exact) mass is 419 g/mol. The number of para-hydroxylation sites is 2. The van der Waals surface area contributed by atoms with Crippen LogP contribution in [0.15, 0.2) is 78.9 Å². The maximum Gasteiger partial charge on any atom is 0.274 e. The number of hydrogen-bond donors (Lipinski definition) is 2. The Bertz CT molecular complexity index is 1410. The maximum atomic E-state index is 13.3. The van der Waals surface area contributed by atoms with Crippen LogP contribution in [0.4, 0.5) is 5.69 Å². The van der Waals surface area contributed by atoms with Gasteiger partial charge in [-0.25, -0.2) is 4.98 Å². The SMILES string of the molecule is Cc1cccc(C)c1NC(=O)c1cc2c([nH]c3ccccc32)c(CCc2ccccc2)n1. The average Bonchev–Trinajstić information content (AvgIpc) is 3.19. The van der Waals surface area contributed by atoms with Gasteiger partial charge in [-0.15, -0.1) is 0 Å². The van der Waals surface area contributed by atoms with Crippen LogP contribution < -0.4 is 5.32 Å². The zero-order valence-corrected chi connectivity index (χ0v) is 18.3. The van der Waals surface area contributed by atoms with Gasteiger partial charge in [-0.1, -0.05) is 66.7 Å². The van der Waals surface area contributed by atoms with Crippen LogP contribution in [0.1, 0.15) is 32.9 Å². The second kappa shape index (κ2) is 8.31. The third-order valence-electron chi connectivity index (χ3n) is 6.02. The third kappa shape index (κ3) is 3.76. The van der Waals surface area contributed by atoms with E-state index in [-0.39, 0.29) is 5.91 Å². The van der Waals surface area contributed by atoms with Crippen molar-refractivity contribution in [2.75, 3.05) is 5.32 Å². The van der Waals surface area contributed by atoms with Crippen LogP contribution in [-0.4, -0.2) is 15.9 Å². The van der Waals surface area contributed by atoms with Gasteiger partial charge in [-0.05, 0) is 55.5 Å². The molecule has 0 aliphatic heterocycles. The summed E-state index contributed by atoms with van der Waals surface area (Å²) in [5.41, 5.74) is 7.59. The zero-order valence-electron chi connectivity index (χ0n) is 18.3. The lowest BCUT2D eigenvalue weighted by Crippen LogP contribution is -2.16. The quantitative estimate of drug-likeness (QED) is 0.348. The van der Waals surface area contributed by atoms with E-state index >= 15 is 0 Å². The van der Waals surface area contributed by atoms with Crippen molar-refractivity contribution in [2.45, 2.75) is 26.7 Å². The van der Waals surface area contributed by atoms with E-state index in [1.807, 2.05) is 56.3 Å². The number of benzene rings is 3. The van der Waals surface area contributed by atoms with Crippen molar-refractivity contribution in [3.05, 3.63) is 107 Å². The van der Waals surface area contributed by atoms with E-state index in [1.165, 1.54) is 5.56 Å². The molecule has 0 radical (unpaired) electrons. The van der Waals surface area contributed by atoms with Crippen molar-refractivity contribution < 1.29 is 4.79 Å². The van der Waals surface area contributed by atoms with E-state index in [0.717, 1.165) is 57.2 Å². The minimum absolute atomic E-state index is 0.185. The van der Waals surface area contributed by atoms with Gasteiger partial charge in [0.25, 0.3) is 5.91 Å². The van der Waals surface area contributed by atoms with Gasteiger partial charge in [0.05, 0.1) is 11.2 Å². The number of hydrogen-bond acceptors (Lipinski definition) is 2. The van der Waals surface area contributed by atoms with E-state index in [9.17, 15) is 4.79 Å². The summed E-state index contributed by atoms with van der Waals surface area (Å²) in [6.07, 6.45) is 1.61. The molecular weight excluding hydrogens is 394 g/mol. The molecule has 3 aromatic carbocycles. The number of H-pyrrole nitrogens is 1. The molecule has 0 spiro atoms. The molecule has 158 valence electrons. The second-order valence-electron chi connectivity index (χ2n) is 8.25. The molecule has 4 heteroatoms. The van der Waals surface area contributed by atoms with Gasteiger partial charge < -0.3 is 10.3 Å². The fraction of sp³-hybridized carbons (Fsp3) is 0.143. The molecule has 0 bridgehead atoms. The lowest BCUT2D eigenvalue weighted by Gasteiger charge is -2.12. The number of aromatic nitrogens is 2. The Morgan fingerprint density at radius 1 is 0.844 bits per heavy atom. The highest BCUT2D eigenvalue weighted by Crippen LogP contribution is 2.29. The summed E-state index contributed by atoms with van der Waals surface area (Å²) in [5.74, 6) is -0.185. The van der Waals surface area contributed by atoms with Crippen molar-refractivity contribution in [1.82, 2.24) is 9.97 Å². The van der Waals surface area contributed by atoms with Gasteiger partial charge in [0, 0.05) is 22.0 Å². The number of anilines is 1. The molecule has 0 atom stereocenters. The van der Waals surface area contributed by atoms with Crippen LogP contribution in [0.3, 0.4) is 0 Å². The minimum atomic E-state index is -0.185. The Morgan fingerprint density at radius 3 is 2.34 bits per heavy atom. The molecule has 0 saturated carbocycles. The largest absolute Gasteiger partial charge is 0.353 e. The Labute approximate surface area is 187 Å². The summed E-state index contributed by atoms with van der Waals surface area (Å²) < 4.78 is 0. The number of nitrogens with one attached hydrogen (secondary N) is 2. The molecule has 32 heavy (non-hydrogen) atoms. The van der Waals surface area contributed by atoms with E-state index in [0.29, 0.717) is 5.69 Å². The highest BCUT2D eigenvalue weighted by molar-refractivity contribution is 6.12. The smallest absolute Gasteiger partial charge is 0.274 e. The van der Waals surface area contributed by atoms with E-state index < -0.39 is 0 Å². The first-order valence-electron chi connectivity index (χ1n) is 10.9. The molecule has 4 nitrogen and oxygen atoms in total. The summed E-state index contributed by atoms with van der Waals surface area (Å²) >= 11 is 0. The topological polar surface area (TPSA) is 57.8 Å². The maximum absolute atomic E-state index is 13.3. The molecule has 1 amide bonds. The number of carbonyl (C=O) groups is 1. The average molecular weight is 420 g/mol. The zero-order chi connectivity index (χ0) is 22.1. The van der Waals surface area contributed by atoms with Gasteiger partial charge >= 0.3 is 0 Å². The number of aromatic amines is 1. The van der Waals surface area contributed by atoms with Crippen LogP contribution in [0.2, 0.25) is 0 Å². The van der Waals surface area contributed by atoms with E-state index in [1.54, 1.807) is 0 Å².